The number of nitrogens with zero attached hydrogens (tertiary/aromatic N) is 1. The average molecular weight is 404 g/mol. The van der Waals surface area contributed by atoms with Crippen LogP contribution in [-0.2, 0) is 0 Å². The highest BCUT2D eigenvalue weighted by molar-refractivity contribution is 6.35. The molecule has 1 N–H and O–H groups in total. The first-order valence-electron chi connectivity index (χ1n) is 9.12. The fourth-order valence-corrected chi connectivity index (χ4v) is 3.97. The molecule has 0 aliphatic rings. The van der Waals surface area contributed by atoms with E-state index in [9.17, 15) is 9.59 Å². The van der Waals surface area contributed by atoms with E-state index in [1.165, 1.54) is 0 Å². The van der Waals surface area contributed by atoms with Gasteiger partial charge in [0.2, 0.25) is 0 Å². The third-order valence-electron chi connectivity index (χ3n) is 5.11. The minimum atomic E-state index is -0.977. The van der Waals surface area contributed by atoms with Gasteiger partial charge in [-0.1, -0.05) is 41.9 Å². The number of halogens is 1. The molecule has 4 nitrogen and oxygen atoms in total. The van der Waals surface area contributed by atoms with Gasteiger partial charge in [0.15, 0.2) is 5.78 Å². The van der Waals surface area contributed by atoms with Crippen molar-refractivity contribution in [2.75, 3.05) is 0 Å². The van der Waals surface area contributed by atoms with Gasteiger partial charge in [-0.25, -0.2) is 4.79 Å². The lowest BCUT2D eigenvalue weighted by molar-refractivity contribution is 0.0696. The van der Waals surface area contributed by atoms with Crippen molar-refractivity contribution >= 4 is 34.3 Å². The summed E-state index contributed by atoms with van der Waals surface area (Å²) in [6, 6.07) is 17.8. The lowest BCUT2D eigenvalue weighted by atomic mass is 9.98. The molecule has 0 saturated carbocycles. The molecule has 0 spiro atoms. The quantitative estimate of drug-likeness (QED) is 0.436. The highest BCUT2D eigenvalue weighted by Gasteiger charge is 2.21. The van der Waals surface area contributed by atoms with E-state index in [2.05, 4.69) is 0 Å². The summed E-state index contributed by atoms with van der Waals surface area (Å²) in [6.45, 7) is 3.85. The first kappa shape index (κ1) is 19.0. The lowest BCUT2D eigenvalue weighted by Crippen LogP contribution is -2.04. The van der Waals surface area contributed by atoms with Crippen molar-refractivity contribution in [2.45, 2.75) is 13.8 Å². The molecule has 0 fully saturated rings. The van der Waals surface area contributed by atoms with Crippen LogP contribution in [0.25, 0.3) is 16.6 Å². The van der Waals surface area contributed by atoms with Crippen LogP contribution in [0, 0.1) is 13.8 Å². The van der Waals surface area contributed by atoms with Gasteiger partial charge in [-0.15, -0.1) is 0 Å². The summed E-state index contributed by atoms with van der Waals surface area (Å²) in [5, 5.41) is 10.4. The Kier molecular flexibility index (Phi) is 4.73. The average Bonchev–Trinajstić information content (AvgIpc) is 3.09. The van der Waals surface area contributed by atoms with Gasteiger partial charge in [-0.05, 0) is 55.3 Å². The molecule has 4 rings (SSSR count). The maximum absolute atomic E-state index is 13.4. The molecular formula is C24H18ClNO3. The number of carbonyl (C=O) groups excluding carboxylic acids is 1. The van der Waals surface area contributed by atoms with E-state index in [-0.39, 0.29) is 11.3 Å². The summed E-state index contributed by atoms with van der Waals surface area (Å²) in [4.78, 5) is 24.6. The van der Waals surface area contributed by atoms with E-state index in [0.29, 0.717) is 16.1 Å². The van der Waals surface area contributed by atoms with E-state index in [1.54, 1.807) is 36.5 Å². The summed E-state index contributed by atoms with van der Waals surface area (Å²) in [5.41, 5.74) is 4.79. The van der Waals surface area contributed by atoms with Crippen LogP contribution in [0.1, 0.15) is 37.4 Å². The number of aromatic nitrogens is 1. The van der Waals surface area contributed by atoms with E-state index in [1.807, 2.05) is 48.7 Å². The lowest BCUT2D eigenvalue weighted by Gasteiger charge is -2.07. The van der Waals surface area contributed by atoms with Gasteiger partial charge in [0.1, 0.15) is 0 Å². The topological polar surface area (TPSA) is 59.3 Å². The van der Waals surface area contributed by atoms with Crippen molar-refractivity contribution in [2.24, 2.45) is 0 Å². The molecule has 144 valence electrons. The smallest absolute Gasteiger partial charge is 0.335 e. The van der Waals surface area contributed by atoms with E-state index in [0.717, 1.165) is 27.7 Å². The van der Waals surface area contributed by atoms with Crippen LogP contribution in [0.4, 0.5) is 0 Å². The predicted molar refractivity (Wildman–Crippen MR) is 115 cm³/mol. The summed E-state index contributed by atoms with van der Waals surface area (Å²) in [5.74, 6) is -1.11. The van der Waals surface area contributed by atoms with Gasteiger partial charge >= 0.3 is 5.97 Å². The number of para-hydroxylation sites is 1. The maximum Gasteiger partial charge on any atom is 0.335 e. The second-order valence-electron chi connectivity index (χ2n) is 7.00. The zero-order valence-corrected chi connectivity index (χ0v) is 16.7. The molecule has 0 aliphatic carbocycles. The highest BCUT2D eigenvalue weighted by atomic mass is 35.5. The Labute approximate surface area is 173 Å². The third-order valence-corrected chi connectivity index (χ3v) is 5.43. The third kappa shape index (κ3) is 3.22. The van der Waals surface area contributed by atoms with Crippen LogP contribution in [0.3, 0.4) is 0 Å². The first-order valence-corrected chi connectivity index (χ1v) is 9.50. The van der Waals surface area contributed by atoms with Gasteiger partial charge in [0, 0.05) is 28.4 Å². The molecular weight excluding hydrogens is 386 g/mol. The second-order valence-corrected chi connectivity index (χ2v) is 7.40. The van der Waals surface area contributed by atoms with Gasteiger partial charge < -0.3 is 9.67 Å². The van der Waals surface area contributed by atoms with Crippen LogP contribution in [-0.4, -0.2) is 21.4 Å². The maximum atomic E-state index is 13.4. The van der Waals surface area contributed by atoms with Gasteiger partial charge in [0.25, 0.3) is 0 Å². The van der Waals surface area contributed by atoms with Crippen LogP contribution < -0.4 is 0 Å². The summed E-state index contributed by atoms with van der Waals surface area (Å²) in [6.07, 6.45) is 1.80. The van der Waals surface area contributed by atoms with Crippen molar-refractivity contribution in [1.82, 2.24) is 4.57 Å². The second kappa shape index (κ2) is 7.22. The first-order chi connectivity index (χ1) is 13.9. The summed E-state index contributed by atoms with van der Waals surface area (Å²) >= 11 is 6.34. The molecule has 0 unspecified atom stereocenters. The SMILES string of the molecule is Cc1cccc(Cl)c1C(=O)c1cn(-c2ccc(C(=O)O)cc2)c2c(C)cccc12. The molecule has 0 bridgehead atoms. The molecule has 1 heterocycles. The van der Waals surface area contributed by atoms with Crippen LogP contribution >= 0.6 is 11.6 Å². The number of hydrogen-bond donors (Lipinski definition) is 1. The Morgan fingerprint density at radius 2 is 1.55 bits per heavy atom. The Balaban J connectivity index is 1.94. The van der Waals surface area contributed by atoms with Crippen molar-refractivity contribution in [3.05, 3.63) is 99.7 Å². The highest BCUT2D eigenvalue weighted by Crippen LogP contribution is 2.31. The number of carboxylic acid groups (broad SMARTS) is 1. The van der Waals surface area contributed by atoms with Crippen molar-refractivity contribution < 1.29 is 14.7 Å². The Bertz CT molecular complexity index is 1250. The number of aromatic carboxylic acids is 1. The molecule has 4 aromatic rings. The van der Waals surface area contributed by atoms with E-state index < -0.39 is 5.97 Å². The normalized spacial score (nSPS) is 11.0. The number of carbonyl (C=O) groups is 2. The number of hydrogen-bond acceptors (Lipinski definition) is 2. The summed E-state index contributed by atoms with van der Waals surface area (Å²) in [7, 11) is 0. The summed E-state index contributed by atoms with van der Waals surface area (Å²) < 4.78 is 1.93. The van der Waals surface area contributed by atoms with Crippen LogP contribution in [0.5, 0.6) is 0 Å². The minimum absolute atomic E-state index is 0.135. The van der Waals surface area contributed by atoms with Gasteiger partial charge in [-0.2, -0.15) is 0 Å². The van der Waals surface area contributed by atoms with Crippen molar-refractivity contribution in [1.29, 1.82) is 0 Å². The standard InChI is InChI=1S/C24H18ClNO3/c1-14-5-4-8-20(25)21(14)23(27)19-13-26(22-15(2)6-3-7-18(19)22)17-11-9-16(10-12-17)24(28)29/h3-13H,1-2H3,(H,28,29). The molecule has 29 heavy (non-hydrogen) atoms. The van der Waals surface area contributed by atoms with Crippen LogP contribution in [0.2, 0.25) is 5.02 Å². The number of benzene rings is 3. The molecule has 3 aromatic carbocycles. The monoisotopic (exact) mass is 403 g/mol. The predicted octanol–water partition coefficient (Wildman–Crippen LogP) is 5.83. The Hall–Kier alpha value is -3.37. The molecule has 0 amide bonds. The number of aryl methyl sites for hydroxylation is 2. The molecule has 1 aromatic heterocycles. The van der Waals surface area contributed by atoms with Crippen molar-refractivity contribution in [3.8, 4) is 5.69 Å². The van der Waals surface area contributed by atoms with E-state index in [4.69, 9.17) is 16.7 Å². The molecule has 0 aliphatic heterocycles. The molecule has 5 heteroatoms. The number of rotatable bonds is 4. The van der Waals surface area contributed by atoms with Gasteiger partial charge in [-0.3, -0.25) is 4.79 Å². The molecule has 0 saturated heterocycles. The fraction of sp³-hybridized carbons (Fsp3) is 0.0833. The minimum Gasteiger partial charge on any atom is -0.478 e. The zero-order chi connectivity index (χ0) is 20.7. The molecule has 0 radical (unpaired) electrons. The van der Waals surface area contributed by atoms with Crippen LogP contribution in [0.15, 0.2) is 66.9 Å². The Morgan fingerprint density at radius 3 is 2.21 bits per heavy atom. The Morgan fingerprint density at radius 1 is 0.897 bits per heavy atom. The largest absolute Gasteiger partial charge is 0.478 e. The number of carboxylic acids is 1. The molecule has 0 atom stereocenters. The van der Waals surface area contributed by atoms with Gasteiger partial charge in [0.05, 0.1) is 16.1 Å². The number of fused-ring (bicyclic) bond motifs is 1. The zero-order valence-electron chi connectivity index (χ0n) is 15.9. The number of ketones is 1. The van der Waals surface area contributed by atoms with E-state index >= 15 is 0 Å². The van der Waals surface area contributed by atoms with Crippen molar-refractivity contribution in [3.63, 3.8) is 0 Å². The fourth-order valence-electron chi connectivity index (χ4n) is 3.66.